The molecule has 0 aliphatic heterocycles. The van der Waals surface area contributed by atoms with Crippen LogP contribution in [-0.2, 0) is 28.4 Å². The lowest BCUT2D eigenvalue weighted by Crippen LogP contribution is -2.24. The Labute approximate surface area is 329 Å². The van der Waals surface area contributed by atoms with Gasteiger partial charge in [-0.25, -0.2) is 0 Å². The summed E-state index contributed by atoms with van der Waals surface area (Å²) in [5.41, 5.74) is -0.306. The summed E-state index contributed by atoms with van der Waals surface area (Å²) >= 11 is 0. The fourth-order valence-corrected chi connectivity index (χ4v) is 1.79. The Morgan fingerprint density at radius 2 is 0.636 bits per heavy atom. The van der Waals surface area contributed by atoms with E-state index in [1.165, 1.54) is 6.92 Å². The van der Waals surface area contributed by atoms with Gasteiger partial charge in [0.25, 0.3) is 0 Å². The quantitative estimate of drug-likeness (QED) is 0.0373. The Balaban J connectivity index is -0.000000101. The SMILES string of the molecule is CC(C)(CO)CO.CC(O)CO.CC(O)COC(C)CO.CC(O)COC(C)COC(C)CO.OCCO.OCCOCCO.OCCOCCOCCO. The van der Waals surface area contributed by atoms with Crippen molar-refractivity contribution in [1.82, 2.24) is 0 Å². The van der Waals surface area contributed by atoms with E-state index in [2.05, 4.69) is 4.74 Å². The predicted molar refractivity (Wildman–Crippen MR) is 205 cm³/mol. The predicted octanol–water partition coefficient (Wildman–Crippen LogP) is -3.75. The summed E-state index contributed by atoms with van der Waals surface area (Å²) in [6.45, 7) is 17.1. The van der Waals surface area contributed by atoms with Crippen molar-refractivity contribution in [2.45, 2.75) is 92.0 Å². The average molecular weight is 825 g/mol. The summed E-state index contributed by atoms with van der Waals surface area (Å²) in [7, 11) is 0. The van der Waals surface area contributed by atoms with E-state index in [4.69, 9.17) is 95.2 Å². The van der Waals surface area contributed by atoms with Crippen LogP contribution < -0.4 is 0 Å². The highest BCUT2D eigenvalue weighted by Crippen LogP contribution is 2.10. The summed E-state index contributed by atoms with van der Waals surface area (Å²) in [6.07, 6.45) is -1.83. The fourth-order valence-electron chi connectivity index (χ4n) is 1.79. The van der Waals surface area contributed by atoms with Crippen molar-refractivity contribution >= 4 is 0 Å². The largest absolute Gasteiger partial charge is 0.396 e. The van der Waals surface area contributed by atoms with E-state index in [1.807, 2.05) is 6.92 Å². The van der Waals surface area contributed by atoms with Crippen molar-refractivity contribution in [2.75, 3.05) is 132 Å². The van der Waals surface area contributed by atoms with Crippen LogP contribution in [0.2, 0.25) is 0 Å². The van der Waals surface area contributed by atoms with Crippen molar-refractivity contribution in [2.24, 2.45) is 5.41 Å². The minimum absolute atomic E-state index is 0.00667. The fraction of sp³-hybridized carbons (Fsp3) is 1.00. The summed E-state index contributed by atoms with van der Waals surface area (Å²) in [5.74, 6) is 0. The molecule has 0 aromatic rings. The Bertz CT molecular complexity index is 586. The zero-order valence-corrected chi connectivity index (χ0v) is 34.8. The standard InChI is InChI=1S/C9H20O4.C6H14O4.C6H14O3.C5H12O2.C4H10O3.C3H8O2.C2H6O2/c1-7(11)5-12-9(3)6-13-8(2)4-10;7-1-3-9-5-6-10-4-2-8;1-5(8)4-9-6(2)3-7;1-5(2,3-6)4-7;5-1-3-7-4-2-6;1-3(5)2-4;3-1-2-4/h7-11H,4-6H2,1-3H3;7-8H,1-6H2;5-8H,3-4H2,1-2H3;6-7H,3-4H2,1-2H3;5-6H,1-4H2;3-5H,2H2,1H3;3-4H,1-2H2. The average Bonchev–Trinajstić information content (AvgIpc) is 3.17. The van der Waals surface area contributed by atoms with Gasteiger partial charge in [0.2, 0.25) is 0 Å². The van der Waals surface area contributed by atoms with Crippen molar-refractivity contribution in [3.63, 3.8) is 0 Å². The summed E-state index contributed by atoms with van der Waals surface area (Å²) < 4.78 is 29.8. The molecular formula is C35H84O20. The molecule has 6 unspecified atom stereocenters. The van der Waals surface area contributed by atoms with Crippen LogP contribution in [0.1, 0.15) is 55.4 Å². The second-order valence-electron chi connectivity index (χ2n) is 12.2. The molecule has 0 rings (SSSR count). The third kappa shape index (κ3) is 95.6. The molecule has 20 nitrogen and oxygen atoms in total. The topological polar surface area (TPSA) is 339 Å². The molecule has 0 radical (unpaired) electrons. The second kappa shape index (κ2) is 59.9. The molecule has 0 heterocycles. The van der Waals surface area contributed by atoms with Crippen molar-refractivity contribution in [1.29, 1.82) is 0 Å². The third-order valence-electron chi connectivity index (χ3n) is 4.91. The number of aliphatic hydroxyl groups is 14. The molecule has 0 bridgehead atoms. The molecule has 0 fully saturated rings. The first-order chi connectivity index (χ1) is 25.9. The summed E-state index contributed by atoms with van der Waals surface area (Å²) in [4.78, 5) is 0. The number of rotatable bonds is 26. The van der Waals surface area contributed by atoms with Gasteiger partial charge in [-0.2, -0.15) is 0 Å². The van der Waals surface area contributed by atoms with Gasteiger partial charge in [-0.3, -0.25) is 0 Å². The van der Waals surface area contributed by atoms with Gasteiger partial charge in [0.1, 0.15) is 0 Å². The Morgan fingerprint density at radius 1 is 0.364 bits per heavy atom. The van der Waals surface area contributed by atoms with E-state index in [-0.39, 0.29) is 96.4 Å². The number of hydrogen-bond acceptors (Lipinski definition) is 20. The van der Waals surface area contributed by atoms with Crippen LogP contribution >= 0.6 is 0 Å². The summed E-state index contributed by atoms with van der Waals surface area (Å²) in [5, 5.41) is 116. The normalized spacial score (nSPS) is 13.6. The Hall–Kier alpha value is -0.800. The maximum absolute atomic E-state index is 8.92. The van der Waals surface area contributed by atoms with Gasteiger partial charge in [0.15, 0.2) is 0 Å². The van der Waals surface area contributed by atoms with Crippen molar-refractivity contribution < 1.29 is 99.9 Å². The van der Waals surface area contributed by atoms with Crippen LogP contribution in [0, 0.1) is 5.41 Å². The smallest absolute Gasteiger partial charge is 0.0781 e. The number of ether oxygens (including phenoxy) is 6. The highest BCUT2D eigenvalue weighted by molar-refractivity contribution is 4.63. The van der Waals surface area contributed by atoms with Crippen molar-refractivity contribution in [3.05, 3.63) is 0 Å². The molecule has 0 saturated heterocycles. The highest BCUT2D eigenvalue weighted by atomic mass is 16.5. The van der Waals surface area contributed by atoms with Gasteiger partial charge in [0, 0.05) is 5.41 Å². The number of aliphatic hydroxyl groups excluding tert-OH is 14. The molecular weight excluding hydrogens is 740 g/mol. The van der Waals surface area contributed by atoms with E-state index in [0.717, 1.165) is 0 Å². The molecule has 14 N–H and O–H groups in total. The van der Waals surface area contributed by atoms with Gasteiger partial charge in [0.05, 0.1) is 169 Å². The Kier molecular flexibility index (Phi) is 75.0. The molecule has 344 valence electrons. The first kappa shape index (κ1) is 68.9. The minimum atomic E-state index is -0.560. The van der Waals surface area contributed by atoms with E-state index >= 15 is 0 Å². The molecule has 6 atom stereocenters. The van der Waals surface area contributed by atoms with E-state index in [0.29, 0.717) is 59.5 Å². The highest BCUT2D eigenvalue weighted by Gasteiger charge is 2.13. The molecule has 0 aliphatic rings. The van der Waals surface area contributed by atoms with E-state index in [1.54, 1.807) is 41.5 Å². The minimum Gasteiger partial charge on any atom is -0.396 e. The van der Waals surface area contributed by atoms with Gasteiger partial charge in [-0.1, -0.05) is 13.8 Å². The van der Waals surface area contributed by atoms with Gasteiger partial charge >= 0.3 is 0 Å². The molecule has 20 heteroatoms. The molecule has 0 aromatic heterocycles. The van der Waals surface area contributed by atoms with Crippen LogP contribution in [0.15, 0.2) is 0 Å². The molecule has 0 amide bonds. The monoisotopic (exact) mass is 825 g/mol. The molecule has 0 saturated carbocycles. The van der Waals surface area contributed by atoms with E-state index in [9.17, 15) is 0 Å². The van der Waals surface area contributed by atoms with Gasteiger partial charge < -0.3 is 99.9 Å². The molecule has 0 aliphatic carbocycles. The van der Waals surface area contributed by atoms with Crippen LogP contribution in [0.25, 0.3) is 0 Å². The zero-order valence-electron chi connectivity index (χ0n) is 34.8. The zero-order chi connectivity index (χ0) is 44.3. The Morgan fingerprint density at radius 3 is 0.836 bits per heavy atom. The summed E-state index contributed by atoms with van der Waals surface area (Å²) in [6, 6.07) is 0. The van der Waals surface area contributed by atoms with Crippen molar-refractivity contribution in [3.8, 4) is 0 Å². The van der Waals surface area contributed by atoms with Crippen LogP contribution in [0.5, 0.6) is 0 Å². The van der Waals surface area contributed by atoms with Crippen LogP contribution in [0.4, 0.5) is 0 Å². The lowest BCUT2D eigenvalue weighted by Gasteiger charge is -2.16. The van der Waals surface area contributed by atoms with Crippen LogP contribution in [-0.4, -0.2) is 240 Å². The van der Waals surface area contributed by atoms with E-state index < -0.39 is 18.3 Å². The van der Waals surface area contributed by atoms with Gasteiger partial charge in [-0.15, -0.1) is 0 Å². The molecule has 0 spiro atoms. The molecule has 55 heavy (non-hydrogen) atoms. The van der Waals surface area contributed by atoms with Gasteiger partial charge in [-0.05, 0) is 41.5 Å². The lowest BCUT2D eigenvalue weighted by molar-refractivity contribution is -0.0620. The second-order valence-corrected chi connectivity index (χ2v) is 12.2. The molecule has 0 aromatic carbocycles. The maximum Gasteiger partial charge on any atom is 0.0781 e. The maximum atomic E-state index is 8.92. The lowest BCUT2D eigenvalue weighted by atomic mass is 9.97. The number of hydrogen-bond donors (Lipinski definition) is 14. The third-order valence-corrected chi connectivity index (χ3v) is 4.91. The first-order valence-electron chi connectivity index (χ1n) is 18.2. The first-order valence-corrected chi connectivity index (χ1v) is 18.2. The van der Waals surface area contributed by atoms with Crippen LogP contribution in [0.3, 0.4) is 0 Å².